The molecule has 1 aliphatic carbocycles. The predicted molar refractivity (Wildman–Crippen MR) is 66.9 cm³/mol. The molecule has 2 aliphatic rings. The number of carbonyl (C=O) groups is 1. The quantitative estimate of drug-likeness (QED) is 0.847. The molecule has 0 radical (unpaired) electrons. The van der Waals surface area contributed by atoms with Crippen LogP contribution in [0, 0.1) is 0 Å². The number of hydrogen-bond donors (Lipinski definition) is 1. The van der Waals surface area contributed by atoms with E-state index in [1.54, 1.807) is 0 Å². The van der Waals surface area contributed by atoms with Crippen molar-refractivity contribution in [2.24, 2.45) is 0 Å². The van der Waals surface area contributed by atoms with Gasteiger partial charge in [-0.25, -0.2) is 4.79 Å². The van der Waals surface area contributed by atoms with Crippen molar-refractivity contribution in [1.29, 1.82) is 0 Å². The van der Waals surface area contributed by atoms with Gasteiger partial charge in [0, 0.05) is 25.0 Å². The highest BCUT2D eigenvalue weighted by Gasteiger charge is 2.44. The summed E-state index contributed by atoms with van der Waals surface area (Å²) in [7, 11) is 0. The molecule has 1 heterocycles. The topological polar surface area (TPSA) is 32.3 Å². The number of hydrogen-bond acceptors (Lipinski definition) is 1. The molecular formula is C14H18N2O. The fraction of sp³-hybridized carbons (Fsp3) is 0.500. The summed E-state index contributed by atoms with van der Waals surface area (Å²) in [5, 5.41) is 3.07. The van der Waals surface area contributed by atoms with Gasteiger partial charge in [0.05, 0.1) is 0 Å². The van der Waals surface area contributed by atoms with E-state index in [2.05, 4.69) is 29.6 Å². The van der Waals surface area contributed by atoms with E-state index in [4.69, 9.17) is 0 Å². The van der Waals surface area contributed by atoms with Crippen LogP contribution in [0.25, 0.3) is 0 Å². The average Bonchev–Trinajstić information content (AvgIpc) is 3.06. The summed E-state index contributed by atoms with van der Waals surface area (Å²) in [6.07, 6.45) is 3.53. The molecule has 0 spiro atoms. The van der Waals surface area contributed by atoms with Crippen LogP contribution in [0.1, 0.15) is 24.8 Å². The Morgan fingerprint density at radius 1 is 1.24 bits per heavy atom. The molecule has 1 aliphatic heterocycles. The number of benzene rings is 1. The third-order valence-corrected chi connectivity index (χ3v) is 3.96. The summed E-state index contributed by atoms with van der Waals surface area (Å²) in [4.78, 5) is 13.6. The molecule has 17 heavy (non-hydrogen) atoms. The molecule has 2 amide bonds. The Kier molecular flexibility index (Phi) is 2.54. The fourth-order valence-corrected chi connectivity index (χ4v) is 2.39. The number of urea groups is 1. The van der Waals surface area contributed by atoms with E-state index in [9.17, 15) is 4.79 Å². The molecule has 0 aromatic heterocycles. The lowest BCUT2D eigenvalue weighted by molar-refractivity contribution is 0.166. The van der Waals surface area contributed by atoms with Crippen LogP contribution in [-0.4, -0.2) is 30.6 Å². The molecule has 2 fully saturated rings. The minimum atomic E-state index is 0.110. The molecule has 0 atom stereocenters. The number of likely N-dealkylation sites (tertiary alicyclic amines) is 1. The third kappa shape index (κ3) is 2.02. The fourth-order valence-electron chi connectivity index (χ4n) is 2.39. The standard InChI is InChI=1S/C14H18N2O/c17-13(16-9-4-10-16)15-11-14(7-8-14)12-5-2-1-3-6-12/h1-3,5-6H,4,7-11H2,(H,15,17). The van der Waals surface area contributed by atoms with Crippen molar-refractivity contribution < 1.29 is 4.79 Å². The lowest BCUT2D eigenvalue weighted by atomic mass is 9.96. The molecule has 3 nitrogen and oxygen atoms in total. The molecule has 90 valence electrons. The van der Waals surface area contributed by atoms with Crippen LogP contribution in [0.2, 0.25) is 0 Å². The van der Waals surface area contributed by atoms with Crippen molar-refractivity contribution in [3.8, 4) is 0 Å². The van der Waals surface area contributed by atoms with Crippen LogP contribution in [0.5, 0.6) is 0 Å². The Labute approximate surface area is 102 Å². The first-order valence-corrected chi connectivity index (χ1v) is 6.39. The second-order valence-corrected chi connectivity index (χ2v) is 5.15. The van der Waals surface area contributed by atoms with Crippen molar-refractivity contribution in [3.05, 3.63) is 35.9 Å². The Hall–Kier alpha value is -1.51. The SMILES string of the molecule is O=C(NCC1(c2ccccc2)CC1)N1CCC1. The van der Waals surface area contributed by atoms with Crippen molar-refractivity contribution in [2.45, 2.75) is 24.7 Å². The molecule has 1 saturated carbocycles. The zero-order valence-electron chi connectivity index (χ0n) is 9.98. The largest absolute Gasteiger partial charge is 0.337 e. The van der Waals surface area contributed by atoms with Gasteiger partial charge >= 0.3 is 6.03 Å². The highest BCUT2D eigenvalue weighted by atomic mass is 16.2. The van der Waals surface area contributed by atoms with Gasteiger partial charge in [0.2, 0.25) is 0 Å². The highest BCUT2D eigenvalue weighted by Crippen LogP contribution is 2.47. The summed E-state index contributed by atoms with van der Waals surface area (Å²) in [6.45, 7) is 2.63. The van der Waals surface area contributed by atoms with Crippen LogP contribution in [0.15, 0.2) is 30.3 Å². The molecule has 1 saturated heterocycles. The molecule has 1 N–H and O–H groups in total. The van der Waals surface area contributed by atoms with Crippen molar-refractivity contribution in [2.75, 3.05) is 19.6 Å². The van der Waals surface area contributed by atoms with E-state index in [1.807, 2.05) is 11.0 Å². The van der Waals surface area contributed by atoms with Gasteiger partial charge in [-0.05, 0) is 24.8 Å². The van der Waals surface area contributed by atoms with E-state index < -0.39 is 0 Å². The van der Waals surface area contributed by atoms with Crippen LogP contribution < -0.4 is 5.32 Å². The normalized spacial score (nSPS) is 20.6. The first kappa shape index (κ1) is 10.6. The van der Waals surface area contributed by atoms with Crippen molar-refractivity contribution in [3.63, 3.8) is 0 Å². The van der Waals surface area contributed by atoms with Gasteiger partial charge in [0.25, 0.3) is 0 Å². The zero-order chi connectivity index (χ0) is 11.7. The van der Waals surface area contributed by atoms with Gasteiger partial charge in [-0.2, -0.15) is 0 Å². The average molecular weight is 230 g/mol. The maximum Gasteiger partial charge on any atom is 0.317 e. The second-order valence-electron chi connectivity index (χ2n) is 5.15. The van der Waals surface area contributed by atoms with Crippen LogP contribution in [-0.2, 0) is 5.41 Å². The van der Waals surface area contributed by atoms with Crippen LogP contribution in [0.3, 0.4) is 0 Å². The Morgan fingerprint density at radius 3 is 2.47 bits per heavy atom. The van der Waals surface area contributed by atoms with Gasteiger partial charge in [-0.3, -0.25) is 0 Å². The number of carbonyl (C=O) groups excluding carboxylic acids is 1. The summed E-state index contributed by atoms with van der Waals surface area (Å²) in [5.41, 5.74) is 1.59. The van der Waals surface area contributed by atoms with E-state index in [-0.39, 0.29) is 11.4 Å². The molecular weight excluding hydrogens is 212 g/mol. The number of amides is 2. The number of nitrogens with zero attached hydrogens (tertiary/aromatic N) is 1. The maximum atomic E-state index is 11.7. The summed E-state index contributed by atoms with van der Waals surface area (Å²) >= 11 is 0. The molecule has 0 unspecified atom stereocenters. The monoisotopic (exact) mass is 230 g/mol. The lowest BCUT2D eigenvalue weighted by Gasteiger charge is -2.31. The minimum absolute atomic E-state index is 0.110. The molecule has 3 heteroatoms. The first-order valence-electron chi connectivity index (χ1n) is 6.39. The minimum Gasteiger partial charge on any atom is -0.337 e. The highest BCUT2D eigenvalue weighted by molar-refractivity contribution is 5.75. The van der Waals surface area contributed by atoms with Gasteiger partial charge in [-0.1, -0.05) is 30.3 Å². The van der Waals surface area contributed by atoms with E-state index in [1.165, 1.54) is 18.4 Å². The van der Waals surface area contributed by atoms with E-state index in [0.717, 1.165) is 26.1 Å². The van der Waals surface area contributed by atoms with Crippen molar-refractivity contribution in [1.82, 2.24) is 10.2 Å². The van der Waals surface area contributed by atoms with Gasteiger partial charge < -0.3 is 10.2 Å². The second kappa shape index (κ2) is 4.06. The Morgan fingerprint density at radius 2 is 1.94 bits per heavy atom. The van der Waals surface area contributed by atoms with Crippen LogP contribution in [0.4, 0.5) is 4.79 Å². The summed E-state index contributed by atoms with van der Waals surface area (Å²) < 4.78 is 0. The smallest absolute Gasteiger partial charge is 0.317 e. The molecule has 3 rings (SSSR count). The van der Waals surface area contributed by atoms with Gasteiger partial charge in [-0.15, -0.1) is 0 Å². The summed E-state index contributed by atoms with van der Waals surface area (Å²) in [5.74, 6) is 0. The first-order chi connectivity index (χ1) is 8.30. The predicted octanol–water partition coefficient (Wildman–Crippen LogP) is 2.13. The molecule has 0 bridgehead atoms. The summed E-state index contributed by atoms with van der Waals surface area (Å²) in [6, 6.07) is 10.6. The number of rotatable bonds is 3. The van der Waals surface area contributed by atoms with Gasteiger partial charge in [0.1, 0.15) is 0 Å². The Balaban J connectivity index is 1.59. The van der Waals surface area contributed by atoms with E-state index >= 15 is 0 Å². The third-order valence-electron chi connectivity index (χ3n) is 3.96. The zero-order valence-corrected chi connectivity index (χ0v) is 9.98. The number of nitrogens with one attached hydrogen (secondary N) is 1. The van der Waals surface area contributed by atoms with Crippen molar-refractivity contribution >= 4 is 6.03 Å². The Bertz CT molecular complexity index is 407. The maximum absolute atomic E-state index is 11.7. The van der Waals surface area contributed by atoms with Gasteiger partial charge in [0.15, 0.2) is 0 Å². The molecule has 1 aromatic rings. The lowest BCUT2D eigenvalue weighted by Crippen LogP contribution is -2.49. The van der Waals surface area contributed by atoms with Crippen LogP contribution >= 0.6 is 0 Å². The molecule has 1 aromatic carbocycles. The van der Waals surface area contributed by atoms with E-state index in [0.29, 0.717) is 0 Å².